The van der Waals surface area contributed by atoms with Gasteiger partial charge in [-0.3, -0.25) is 0 Å². The molecule has 2 heterocycles. The molecule has 0 saturated carbocycles. The van der Waals surface area contributed by atoms with Gasteiger partial charge in [-0.1, -0.05) is 84.6 Å². The minimum absolute atomic E-state index is 0.320. The first kappa shape index (κ1) is 45.7. The van der Waals surface area contributed by atoms with Gasteiger partial charge in [-0.2, -0.15) is 9.84 Å². The number of thiol groups is 2. The van der Waals surface area contributed by atoms with Crippen LogP contribution in [-0.2, 0) is 39.3 Å². The highest BCUT2D eigenvalue weighted by Gasteiger charge is 2.46. The molecule has 0 bridgehead atoms. The summed E-state index contributed by atoms with van der Waals surface area (Å²) in [5.41, 5.74) is 8.88. The summed E-state index contributed by atoms with van der Waals surface area (Å²) >= 11 is 8.38. The van der Waals surface area contributed by atoms with Gasteiger partial charge < -0.3 is 9.64 Å². The van der Waals surface area contributed by atoms with Crippen molar-refractivity contribution >= 4 is 76.2 Å². The molecule has 13 heteroatoms. The fourth-order valence-corrected chi connectivity index (χ4v) is 10.1. The van der Waals surface area contributed by atoms with Crippen LogP contribution in [0.1, 0.15) is 70.9 Å². The molecule has 1 aliphatic carbocycles. The molecule has 5 aromatic carbocycles. The van der Waals surface area contributed by atoms with Crippen LogP contribution in [0.2, 0.25) is 0 Å². The van der Waals surface area contributed by atoms with Gasteiger partial charge in [-0.25, -0.2) is 9.78 Å². The van der Waals surface area contributed by atoms with E-state index >= 15 is 0 Å². The van der Waals surface area contributed by atoms with E-state index in [1.54, 1.807) is 0 Å². The van der Waals surface area contributed by atoms with Gasteiger partial charge in [0, 0.05) is 78.2 Å². The van der Waals surface area contributed by atoms with Gasteiger partial charge >= 0.3 is 0 Å². The number of fused-ring (bicyclic) bond motifs is 6. The average Bonchev–Trinajstić information content (AvgIpc) is 3.66. The molecule has 0 fully saturated rings. The van der Waals surface area contributed by atoms with E-state index in [2.05, 4.69) is 184 Å². The lowest BCUT2D eigenvalue weighted by atomic mass is 9.78. The molecule has 10 nitrogen and oxygen atoms in total. The predicted molar refractivity (Wildman–Crippen MR) is 259 cm³/mol. The van der Waals surface area contributed by atoms with Gasteiger partial charge in [-0.15, -0.1) is 8.67 Å². The highest BCUT2D eigenvalue weighted by molar-refractivity contribution is 8.03. The Bertz CT molecular complexity index is 2720. The summed E-state index contributed by atoms with van der Waals surface area (Å²) in [5.74, 6) is 1.55. The zero-order valence-corrected chi connectivity index (χ0v) is 39.0. The van der Waals surface area contributed by atoms with Crippen LogP contribution >= 0.6 is 37.6 Å². The smallest absolute Gasteiger partial charge is 0.210 e. The third kappa shape index (κ3) is 9.44. The maximum atomic E-state index is 9.32. The number of hydrogen-bond donors (Lipinski definition) is 2. The highest BCUT2D eigenvalue weighted by Crippen LogP contribution is 2.51. The van der Waals surface area contributed by atoms with Crippen molar-refractivity contribution in [2.45, 2.75) is 75.5 Å². The molecule has 0 spiro atoms. The zero-order valence-electron chi connectivity index (χ0n) is 36.4. The minimum atomic E-state index is -0.320. The number of allylic oxidation sites excluding steroid dienone is 7. The van der Waals surface area contributed by atoms with Crippen LogP contribution in [0.25, 0.3) is 21.5 Å². The average molecular weight is 915 g/mol. The Morgan fingerprint density at radius 1 is 0.750 bits per heavy atom. The van der Waals surface area contributed by atoms with Crippen molar-refractivity contribution in [3.63, 3.8) is 0 Å². The van der Waals surface area contributed by atoms with Crippen molar-refractivity contribution in [2.24, 2.45) is 0 Å². The Morgan fingerprint density at radius 3 is 2.12 bits per heavy atom. The van der Waals surface area contributed by atoms with E-state index in [1.807, 2.05) is 24.3 Å². The van der Waals surface area contributed by atoms with Gasteiger partial charge in [-0.05, 0) is 138 Å². The van der Waals surface area contributed by atoms with E-state index in [4.69, 9.17) is 14.5 Å². The summed E-state index contributed by atoms with van der Waals surface area (Å²) in [6.45, 7) is 11.3. The van der Waals surface area contributed by atoms with Crippen LogP contribution in [0.15, 0.2) is 149 Å². The zero-order chi connectivity index (χ0) is 44.7. The topological polar surface area (TPSA) is 94.7 Å². The third-order valence-corrected chi connectivity index (χ3v) is 13.2. The Hall–Kier alpha value is -4.85. The van der Waals surface area contributed by atoms with Crippen molar-refractivity contribution in [3.05, 3.63) is 155 Å². The number of rotatable bonds is 18. The number of ether oxygens (including phenoxy) is 1. The molecule has 64 heavy (non-hydrogen) atoms. The number of thioether (sulfide) groups is 1. The van der Waals surface area contributed by atoms with Crippen LogP contribution in [-0.4, -0.2) is 36.6 Å². The van der Waals surface area contributed by atoms with Gasteiger partial charge in [0.1, 0.15) is 16.9 Å². The summed E-state index contributed by atoms with van der Waals surface area (Å²) < 4.78 is 18.1. The number of nitriles is 1. The molecular weight excluding hydrogens is 863 g/mol. The molecule has 0 N–H and O–H groups in total. The normalized spacial score (nSPS) is 17.9. The molecule has 0 atom stereocenters. The van der Waals surface area contributed by atoms with Crippen molar-refractivity contribution in [3.8, 4) is 11.2 Å². The van der Waals surface area contributed by atoms with E-state index < -0.39 is 0 Å². The van der Waals surface area contributed by atoms with E-state index in [0.29, 0.717) is 44.9 Å². The van der Waals surface area contributed by atoms with Crippen molar-refractivity contribution < 1.29 is 37.8 Å². The van der Waals surface area contributed by atoms with Crippen molar-refractivity contribution in [1.82, 2.24) is 0 Å². The molecule has 0 aromatic heterocycles. The van der Waals surface area contributed by atoms with Gasteiger partial charge in [0.2, 0.25) is 5.69 Å². The Morgan fingerprint density at radius 2 is 1.42 bits per heavy atom. The molecule has 0 saturated heterocycles. The number of anilines is 1. The van der Waals surface area contributed by atoms with E-state index in [1.165, 1.54) is 55.5 Å². The Labute approximate surface area is 390 Å². The molecule has 0 amide bonds. The van der Waals surface area contributed by atoms with E-state index in [0.717, 1.165) is 52.8 Å². The van der Waals surface area contributed by atoms with Gasteiger partial charge in [0.25, 0.3) is 0 Å². The molecule has 330 valence electrons. The first-order chi connectivity index (χ1) is 31.2. The second kappa shape index (κ2) is 20.5. The fraction of sp³-hybridized carbons (Fsp3) is 0.294. The minimum Gasteiger partial charge on any atom is -0.457 e. The van der Waals surface area contributed by atoms with Crippen LogP contribution in [0.3, 0.4) is 0 Å². The fourth-order valence-electron chi connectivity index (χ4n) is 9.68. The second-order valence-electron chi connectivity index (χ2n) is 17.0. The molecule has 0 radical (unpaired) electrons. The quantitative estimate of drug-likeness (QED) is 0.0129. The van der Waals surface area contributed by atoms with Gasteiger partial charge in [0.05, 0.1) is 18.6 Å². The SMILES string of the molecule is CC1(C)C(/C=C/C2=C(Oc3ccc(SC#N)cc3)C(=C/C=C3/N(CCCOOOS)c4ccc5ccccc5c4C3(C)C)/CCC2)=[N+](CCCOOOS)c2ccc3ccccc3c21. The van der Waals surface area contributed by atoms with Gasteiger partial charge in [0.15, 0.2) is 12.3 Å². The molecule has 5 aromatic rings. The first-order valence-electron chi connectivity index (χ1n) is 21.5. The Balaban J connectivity index is 1.22. The van der Waals surface area contributed by atoms with Crippen molar-refractivity contribution in [2.75, 3.05) is 31.2 Å². The molecular formula is C51H52N3O7S3+. The Kier molecular flexibility index (Phi) is 14.7. The predicted octanol–water partition coefficient (Wildman–Crippen LogP) is 12.9. The number of benzene rings is 5. The summed E-state index contributed by atoms with van der Waals surface area (Å²) in [6.07, 6.45) is 13.1. The lowest BCUT2D eigenvalue weighted by molar-refractivity contribution is -0.471. The van der Waals surface area contributed by atoms with Crippen LogP contribution in [0.5, 0.6) is 5.75 Å². The molecule has 3 aliphatic rings. The monoisotopic (exact) mass is 914 g/mol. The maximum Gasteiger partial charge on any atom is 0.210 e. The lowest BCUT2D eigenvalue weighted by Gasteiger charge is -2.27. The van der Waals surface area contributed by atoms with Crippen LogP contribution in [0, 0.1) is 10.7 Å². The summed E-state index contributed by atoms with van der Waals surface area (Å²) in [4.78, 5) is 13.6. The molecule has 0 unspecified atom stereocenters. The number of hydrogen-bond acceptors (Lipinski definition) is 12. The highest BCUT2D eigenvalue weighted by atomic mass is 32.2. The summed E-state index contributed by atoms with van der Waals surface area (Å²) in [5, 5.41) is 25.6. The van der Waals surface area contributed by atoms with E-state index in [-0.39, 0.29) is 10.8 Å². The maximum absolute atomic E-state index is 9.32. The summed E-state index contributed by atoms with van der Waals surface area (Å²) in [7, 11) is 0. The largest absolute Gasteiger partial charge is 0.457 e. The summed E-state index contributed by atoms with van der Waals surface area (Å²) in [6, 6.07) is 33.8. The standard InChI is InChI=1S/C51H51N3O7S3/c1-50(2)45(53(30-10-32-55-58-60-62)43-26-18-35-12-5-7-16-41(35)47(43)50)28-20-37-14-9-15-38(49(37)57-39-22-24-40(25-23-39)64-34-52)21-29-46-51(3,4)48-42-17-8-6-13-36(42)19-27-44(48)54(46)31-11-33-56-59-61-63/h5-8,12-13,16-29H,9-11,14-15,30-33H2,1-4H3,(H-,62,63)/p+1. The lowest BCUT2D eigenvalue weighted by Crippen LogP contribution is -2.28. The third-order valence-electron chi connectivity index (χ3n) is 12.5. The molecule has 2 aliphatic heterocycles. The van der Waals surface area contributed by atoms with Crippen LogP contribution in [0.4, 0.5) is 11.4 Å². The number of nitrogens with zero attached hydrogens (tertiary/aromatic N) is 3. The van der Waals surface area contributed by atoms with Crippen molar-refractivity contribution in [1.29, 1.82) is 5.26 Å². The first-order valence-corrected chi connectivity index (χ1v) is 23.0. The van der Waals surface area contributed by atoms with Crippen LogP contribution < -0.4 is 9.64 Å². The van der Waals surface area contributed by atoms with E-state index in [9.17, 15) is 5.26 Å². The second-order valence-corrected chi connectivity index (χ2v) is 18.1. The number of thiocyanates is 1. The molecule has 8 rings (SSSR count).